The molecule has 0 aliphatic carbocycles. The molecule has 0 amide bonds. The molecule has 0 N–H and O–H groups in total. The van der Waals surface area contributed by atoms with E-state index in [0.29, 0.717) is 0 Å². The van der Waals surface area contributed by atoms with Crippen molar-refractivity contribution in [3.8, 4) is 55.6 Å². The first-order valence-electron chi connectivity index (χ1n) is 16.8. The summed E-state index contributed by atoms with van der Waals surface area (Å²) in [5.74, 6) is 0. The molecule has 0 heterocycles. The summed E-state index contributed by atoms with van der Waals surface area (Å²) >= 11 is 0. The molecule has 232 valence electrons. The first-order valence-corrected chi connectivity index (χ1v) is 16.8. The quantitative estimate of drug-likeness (QED) is 0.162. The zero-order valence-electron chi connectivity index (χ0n) is 27.2. The van der Waals surface area contributed by atoms with E-state index in [1.807, 2.05) is 0 Å². The number of rotatable bonds is 8. The minimum atomic E-state index is 1.10. The Balaban J connectivity index is 1.20. The Labute approximate surface area is 289 Å². The summed E-state index contributed by atoms with van der Waals surface area (Å²) in [7, 11) is 0. The first-order chi connectivity index (χ1) is 24.3. The summed E-state index contributed by atoms with van der Waals surface area (Å²) in [6.45, 7) is 0. The summed E-state index contributed by atoms with van der Waals surface area (Å²) in [5, 5.41) is 0. The molecule has 0 aromatic heterocycles. The lowest BCUT2D eigenvalue weighted by molar-refractivity contribution is 1.28. The molecule has 0 bridgehead atoms. The second-order valence-electron chi connectivity index (χ2n) is 12.2. The Bertz CT molecular complexity index is 2220. The lowest BCUT2D eigenvalue weighted by atomic mass is 9.92. The molecule has 1 nitrogen and oxygen atoms in total. The maximum atomic E-state index is 2.36. The van der Waals surface area contributed by atoms with Gasteiger partial charge in [-0.1, -0.05) is 170 Å². The number of anilines is 3. The fourth-order valence-corrected chi connectivity index (χ4v) is 6.63. The molecule has 8 aromatic rings. The van der Waals surface area contributed by atoms with Gasteiger partial charge in [0.2, 0.25) is 0 Å². The van der Waals surface area contributed by atoms with Crippen LogP contribution in [-0.4, -0.2) is 0 Å². The summed E-state index contributed by atoms with van der Waals surface area (Å²) in [6, 6.07) is 76.0. The van der Waals surface area contributed by atoms with Gasteiger partial charge >= 0.3 is 0 Å². The molecule has 0 aliphatic rings. The molecule has 1 heteroatoms. The van der Waals surface area contributed by atoms with Crippen LogP contribution in [0.5, 0.6) is 0 Å². The highest BCUT2D eigenvalue weighted by Gasteiger charge is 2.16. The van der Waals surface area contributed by atoms with Gasteiger partial charge in [-0.3, -0.25) is 0 Å². The summed E-state index contributed by atoms with van der Waals surface area (Å²) in [6.07, 6.45) is 0. The normalized spacial score (nSPS) is 10.9. The van der Waals surface area contributed by atoms with Crippen molar-refractivity contribution in [2.75, 3.05) is 4.90 Å². The molecule has 0 saturated heterocycles. The van der Waals surface area contributed by atoms with Crippen molar-refractivity contribution < 1.29 is 0 Å². The summed E-state index contributed by atoms with van der Waals surface area (Å²) < 4.78 is 0. The number of nitrogens with zero attached hydrogens (tertiary/aromatic N) is 1. The van der Waals surface area contributed by atoms with Gasteiger partial charge in [-0.25, -0.2) is 0 Å². The molecule has 8 rings (SSSR count). The molecule has 8 aromatic carbocycles. The molecular formula is C48H35N. The van der Waals surface area contributed by atoms with Crippen molar-refractivity contribution in [3.05, 3.63) is 212 Å². The minimum absolute atomic E-state index is 1.10. The van der Waals surface area contributed by atoms with E-state index in [-0.39, 0.29) is 0 Å². The highest BCUT2D eigenvalue weighted by molar-refractivity contribution is 5.87. The Morgan fingerprint density at radius 1 is 0.204 bits per heavy atom. The Kier molecular flexibility index (Phi) is 8.39. The SMILES string of the molecule is c1ccc(-c2cccc(-c3ccccc3-c3ccc(N(c4cccc(-c5ccccc5)c4)c4cccc(-c5ccccc5)c4)cc3)c2)cc1. The van der Waals surface area contributed by atoms with Gasteiger partial charge in [-0.15, -0.1) is 0 Å². The predicted molar refractivity (Wildman–Crippen MR) is 208 cm³/mol. The van der Waals surface area contributed by atoms with Crippen molar-refractivity contribution in [2.45, 2.75) is 0 Å². The second-order valence-corrected chi connectivity index (χ2v) is 12.2. The van der Waals surface area contributed by atoms with Gasteiger partial charge in [0.05, 0.1) is 0 Å². The third-order valence-electron chi connectivity index (χ3n) is 9.07. The maximum absolute atomic E-state index is 2.36. The molecule has 0 fully saturated rings. The minimum Gasteiger partial charge on any atom is -0.310 e. The molecule has 0 radical (unpaired) electrons. The fraction of sp³-hybridized carbons (Fsp3) is 0. The van der Waals surface area contributed by atoms with E-state index >= 15 is 0 Å². The maximum Gasteiger partial charge on any atom is 0.0467 e. The van der Waals surface area contributed by atoms with Gasteiger partial charge < -0.3 is 4.90 Å². The third-order valence-corrected chi connectivity index (χ3v) is 9.07. The third kappa shape index (κ3) is 6.43. The fourth-order valence-electron chi connectivity index (χ4n) is 6.63. The van der Waals surface area contributed by atoms with Crippen molar-refractivity contribution in [1.82, 2.24) is 0 Å². The van der Waals surface area contributed by atoms with E-state index in [9.17, 15) is 0 Å². The molecule has 0 aliphatic heterocycles. The molecule has 0 atom stereocenters. The molecule has 0 saturated carbocycles. The van der Waals surface area contributed by atoms with E-state index in [4.69, 9.17) is 0 Å². The van der Waals surface area contributed by atoms with Crippen LogP contribution in [0, 0.1) is 0 Å². The summed E-state index contributed by atoms with van der Waals surface area (Å²) in [5.41, 5.74) is 15.3. The molecule has 0 unspecified atom stereocenters. The second kappa shape index (κ2) is 13.7. The van der Waals surface area contributed by atoms with Crippen LogP contribution < -0.4 is 4.90 Å². The Morgan fingerprint density at radius 2 is 0.571 bits per heavy atom. The van der Waals surface area contributed by atoms with Crippen molar-refractivity contribution >= 4 is 17.1 Å². The van der Waals surface area contributed by atoms with Gasteiger partial charge in [0.25, 0.3) is 0 Å². The van der Waals surface area contributed by atoms with Gasteiger partial charge in [0.1, 0.15) is 0 Å². The highest BCUT2D eigenvalue weighted by atomic mass is 15.1. The largest absolute Gasteiger partial charge is 0.310 e. The van der Waals surface area contributed by atoms with Gasteiger partial charge in [-0.2, -0.15) is 0 Å². The zero-order chi connectivity index (χ0) is 32.8. The number of benzene rings is 8. The number of hydrogen-bond donors (Lipinski definition) is 0. The van der Waals surface area contributed by atoms with Gasteiger partial charge in [0, 0.05) is 17.1 Å². The Morgan fingerprint density at radius 3 is 1.06 bits per heavy atom. The van der Waals surface area contributed by atoms with Gasteiger partial charge in [0.15, 0.2) is 0 Å². The van der Waals surface area contributed by atoms with Crippen LogP contribution >= 0.6 is 0 Å². The summed E-state index contributed by atoms with van der Waals surface area (Å²) in [4.78, 5) is 2.36. The predicted octanol–water partition coefficient (Wildman–Crippen LogP) is 13.5. The van der Waals surface area contributed by atoms with E-state index in [1.165, 1.54) is 55.6 Å². The van der Waals surface area contributed by atoms with Crippen LogP contribution in [0.4, 0.5) is 17.1 Å². The molecule has 49 heavy (non-hydrogen) atoms. The van der Waals surface area contributed by atoms with Crippen LogP contribution in [0.2, 0.25) is 0 Å². The van der Waals surface area contributed by atoms with E-state index in [1.54, 1.807) is 0 Å². The van der Waals surface area contributed by atoms with Crippen LogP contribution in [0.25, 0.3) is 55.6 Å². The van der Waals surface area contributed by atoms with Crippen LogP contribution in [0.3, 0.4) is 0 Å². The van der Waals surface area contributed by atoms with E-state index in [0.717, 1.165) is 17.1 Å². The average molecular weight is 626 g/mol. The molecule has 0 spiro atoms. The highest BCUT2D eigenvalue weighted by Crippen LogP contribution is 2.40. The van der Waals surface area contributed by atoms with Crippen molar-refractivity contribution in [1.29, 1.82) is 0 Å². The monoisotopic (exact) mass is 625 g/mol. The lowest BCUT2D eigenvalue weighted by Gasteiger charge is -2.27. The van der Waals surface area contributed by atoms with E-state index < -0.39 is 0 Å². The van der Waals surface area contributed by atoms with Crippen LogP contribution in [0.1, 0.15) is 0 Å². The van der Waals surface area contributed by atoms with Crippen LogP contribution in [0.15, 0.2) is 212 Å². The van der Waals surface area contributed by atoms with Crippen LogP contribution in [-0.2, 0) is 0 Å². The topological polar surface area (TPSA) is 3.24 Å². The standard InChI is InChI=1S/C48H35N/c1-4-15-36(16-5-1)40-21-12-24-43(33-40)48-28-11-10-27-47(48)39-29-31-44(32-30-39)49(45-25-13-22-41(34-45)37-17-6-2-7-18-37)46-26-14-23-42(35-46)38-19-8-3-9-20-38/h1-35H. The van der Waals surface area contributed by atoms with Gasteiger partial charge in [-0.05, 0) is 98.1 Å². The smallest absolute Gasteiger partial charge is 0.0467 e. The molecular weight excluding hydrogens is 591 g/mol. The average Bonchev–Trinajstić information content (AvgIpc) is 3.20. The lowest BCUT2D eigenvalue weighted by Crippen LogP contribution is -2.10. The zero-order valence-corrected chi connectivity index (χ0v) is 27.2. The first kappa shape index (κ1) is 29.9. The van der Waals surface area contributed by atoms with Crippen molar-refractivity contribution in [3.63, 3.8) is 0 Å². The van der Waals surface area contributed by atoms with E-state index in [2.05, 4.69) is 217 Å². The Hall–Kier alpha value is -6.44. The number of hydrogen-bond acceptors (Lipinski definition) is 1. The van der Waals surface area contributed by atoms with Crippen molar-refractivity contribution in [2.24, 2.45) is 0 Å².